The zero-order valence-electron chi connectivity index (χ0n) is 12.2. The Morgan fingerprint density at radius 3 is 3.00 bits per heavy atom. The molecule has 0 radical (unpaired) electrons. The molecule has 0 atom stereocenters. The van der Waals surface area contributed by atoms with Crippen LogP contribution in [0, 0.1) is 0 Å². The fourth-order valence-corrected chi connectivity index (χ4v) is 2.58. The van der Waals surface area contributed by atoms with Crippen molar-refractivity contribution in [1.82, 2.24) is 20.4 Å². The molecule has 2 N–H and O–H groups in total. The Hall–Kier alpha value is -0.910. The molecular weight excluding hydrogens is 240 g/mol. The zero-order chi connectivity index (χ0) is 13.5. The Balaban J connectivity index is 1.73. The van der Waals surface area contributed by atoms with Gasteiger partial charge in [-0.25, -0.2) is 0 Å². The average molecular weight is 266 g/mol. The minimum absolute atomic E-state index is 0.774. The molecule has 1 aromatic heterocycles. The van der Waals surface area contributed by atoms with Crippen molar-refractivity contribution in [1.29, 1.82) is 0 Å². The molecule has 0 aliphatic heterocycles. The highest BCUT2D eigenvalue weighted by Gasteiger charge is 2.17. The number of H-pyrrole nitrogens is 1. The molecule has 0 unspecified atom stereocenters. The standard InChI is InChI=1S/C14H26N4O/c1-18(9-7-15-8-10-19-2)11-14-12-5-3-4-6-13(12)16-17-14/h15H,3-11H2,1-2H3,(H,16,17). The maximum Gasteiger partial charge on any atom is 0.0796 e. The summed E-state index contributed by atoms with van der Waals surface area (Å²) in [5.41, 5.74) is 4.09. The van der Waals surface area contributed by atoms with Crippen LogP contribution in [0.3, 0.4) is 0 Å². The molecule has 2 rings (SSSR count). The largest absolute Gasteiger partial charge is 0.383 e. The Labute approximate surface area is 115 Å². The first-order chi connectivity index (χ1) is 9.31. The van der Waals surface area contributed by atoms with Crippen LogP contribution in [0.15, 0.2) is 0 Å². The SMILES string of the molecule is COCCNCCN(C)Cc1n[nH]c2c1CCCC2. The Morgan fingerprint density at radius 1 is 1.32 bits per heavy atom. The number of hydrogen-bond donors (Lipinski definition) is 2. The number of methoxy groups -OCH3 is 1. The van der Waals surface area contributed by atoms with Crippen molar-refractivity contribution in [3.8, 4) is 0 Å². The lowest BCUT2D eigenvalue weighted by molar-refractivity contribution is 0.197. The summed E-state index contributed by atoms with van der Waals surface area (Å²) in [6.07, 6.45) is 4.97. The topological polar surface area (TPSA) is 53.2 Å². The quantitative estimate of drug-likeness (QED) is 0.688. The highest BCUT2D eigenvalue weighted by atomic mass is 16.5. The summed E-state index contributed by atoms with van der Waals surface area (Å²) >= 11 is 0. The van der Waals surface area contributed by atoms with Crippen molar-refractivity contribution in [2.45, 2.75) is 32.2 Å². The van der Waals surface area contributed by atoms with Crippen LogP contribution in [-0.2, 0) is 24.1 Å². The molecule has 0 spiro atoms. The van der Waals surface area contributed by atoms with Gasteiger partial charge in [0.15, 0.2) is 0 Å². The molecule has 0 saturated carbocycles. The monoisotopic (exact) mass is 266 g/mol. The number of hydrogen-bond acceptors (Lipinski definition) is 4. The third-order valence-electron chi connectivity index (χ3n) is 3.71. The van der Waals surface area contributed by atoms with Crippen LogP contribution in [0.25, 0.3) is 0 Å². The first-order valence-corrected chi connectivity index (χ1v) is 7.24. The van der Waals surface area contributed by atoms with Crippen LogP contribution in [0.2, 0.25) is 0 Å². The number of rotatable bonds is 8. The Bertz CT molecular complexity index is 378. The van der Waals surface area contributed by atoms with Gasteiger partial charge in [-0.1, -0.05) is 0 Å². The molecule has 1 aliphatic rings. The van der Waals surface area contributed by atoms with Gasteiger partial charge in [0.05, 0.1) is 12.3 Å². The maximum absolute atomic E-state index is 5.01. The lowest BCUT2D eigenvalue weighted by Gasteiger charge is -2.17. The number of nitrogens with zero attached hydrogens (tertiary/aromatic N) is 2. The van der Waals surface area contributed by atoms with Gasteiger partial charge in [-0.15, -0.1) is 0 Å². The van der Waals surface area contributed by atoms with Gasteiger partial charge in [0.25, 0.3) is 0 Å². The summed E-state index contributed by atoms with van der Waals surface area (Å²) in [5.74, 6) is 0. The van der Waals surface area contributed by atoms with Gasteiger partial charge in [0.2, 0.25) is 0 Å². The lowest BCUT2D eigenvalue weighted by Crippen LogP contribution is -2.31. The van der Waals surface area contributed by atoms with Crippen LogP contribution < -0.4 is 5.32 Å². The normalized spacial score (nSPS) is 14.9. The van der Waals surface area contributed by atoms with Crippen LogP contribution in [0.1, 0.15) is 29.8 Å². The Kier molecular flexibility index (Phi) is 5.82. The van der Waals surface area contributed by atoms with Gasteiger partial charge in [-0.2, -0.15) is 5.10 Å². The predicted molar refractivity (Wildman–Crippen MR) is 76.3 cm³/mol. The van der Waals surface area contributed by atoms with Crippen LogP contribution in [0.5, 0.6) is 0 Å². The molecule has 5 nitrogen and oxygen atoms in total. The molecule has 108 valence electrons. The number of ether oxygens (including phenoxy) is 1. The molecule has 0 amide bonds. The van der Waals surface area contributed by atoms with E-state index >= 15 is 0 Å². The fraction of sp³-hybridized carbons (Fsp3) is 0.786. The maximum atomic E-state index is 5.01. The van der Waals surface area contributed by atoms with Gasteiger partial charge in [-0.3, -0.25) is 10.00 Å². The van der Waals surface area contributed by atoms with Gasteiger partial charge >= 0.3 is 0 Å². The first kappa shape index (κ1) is 14.5. The van der Waals surface area contributed by atoms with E-state index in [2.05, 4.69) is 27.5 Å². The van der Waals surface area contributed by atoms with Crippen molar-refractivity contribution >= 4 is 0 Å². The second-order valence-electron chi connectivity index (χ2n) is 5.32. The van der Waals surface area contributed by atoms with Crippen molar-refractivity contribution in [2.75, 3.05) is 40.4 Å². The van der Waals surface area contributed by atoms with E-state index in [4.69, 9.17) is 4.74 Å². The van der Waals surface area contributed by atoms with E-state index in [-0.39, 0.29) is 0 Å². The fourth-order valence-electron chi connectivity index (χ4n) is 2.58. The van der Waals surface area contributed by atoms with E-state index in [0.29, 0.717) is 0 Å². The van der Waals surface area contributed by atoms with Gasteiger partial charge in [0, 0.05) is 39.0 Å². The summed E-state index contributed by atoms with van der Waals surface area (Å²) in [4.78, 5) is 2.32. The smallest absolute Gasteiger partial charge is 0.0796 e. The molecule has 19 heavy (non-hydrogen) atoms. The van der Waals surface area contributed by atoms with Crippen LogP contribution in [-0.4, -0.2) is 55.5 Å². The van der Waals surface area contributed by atoms with Crippen LogP contribution in [0.4, 0.5) is 0 Å². The number of fused-ring (bicyclic) bond motifs is 1. The van der Waals surface area contributed by atoms with Gasteiger partial charge in [0.1, 0.15) is 0 Å². The second kappa shape index (κ2) is 7.62. The number of aromatic amines is 1. The minimum atomic E-state index is 0.774. The second-order valence-corrected chi connectivity index (χ2v) is 5.32. The molecular formula is C14H26N4O. The molecule has 1 heterocycles. The van der Waals surface area contributed by atoms with E-state index in [1.165, 1.54) is 42.6 Å². The summed E-state index contributed by atoms with van der Waals surface area (Å²) < 4.78 is 5.01. The van der Waals surface area contributed by atoms with Crippen molar-refractivity contribution in [2.24, 2.45) is 0 Å². The molecule has 5 heteroatoms. The molecule has 0 fully saturated rings. The van der Waals surface area contributed by atoms with E-state index in [1.807, 2.05) is 0 Å². The summed E-state index contributed by atoms with van der Waals surface area (Å²) in [6, 6.07) is 0. The van der Waals surface area contributed by atoms with Gasteiger partial charge < -0.3 is 10.1 Å². The highest BCUT2D eigenvalue weighted by Crippen LogP contribution is 2.22. The highest BCUT2D eigenvalue weighted by molar-refractivity contribution is 5.27. The van der Waals surface area contributed by atoms with Gasteiger partial charge in [-0.05, 0) is 38.3 Å². The van der Waals surface area contributed by atoms with Crippen molar-refractivity contribution in [3.63, 3.8) is 0 Å². The zero-order valence-corrected chi connectivity index (χ0v) is 12.2. The lowest BCUT2D eigenvalue weighted by atomic mass is 9.96. The van der Waals surface area contributed by atoms with Crippen LogP contribution >= 0.6 is 0 Å². The first-order valence-electron chi connectivity index (χ1n) is 7.24. The van der Waals surface area contributed by atoms with E-state index < -0.39 is 0 Å². The number of likely N-dealkylation sites (N-methyl/N-ethyl adjacent to an activating group) is 1. The third kappa shape index (κ3) is 4.30. The number of nitrogens with one attached hydrogen (secondary N) is 2. The summed E-state index contributed by atoms with van der Waals surface area (Å²) in [7, 11) is 3.89. The number of aryl methyl sites for hydroxylation is 1. The van der Waals surface area contributed by atoms with E-state index in [0.717, 1.165) is 32.8 Å². The third-order valence-corrected chi connectivity index (χ3v) is 3.71. The van der Waals surface area contributed by atoms with Crippen molar-refractivity contribution in [3.05, 3.63) is 17.0 Å². The predicted octanol–water partition coefficient (Wildman–Crippen LogP) is 0.956. The molecule has 1 aromatic rings. The number of aromatic nitrogens is 2. The summed E-state index contributed by atoms with van der Waals surface area (Å²) in [5, 5.41) is 11.1. The molecule has 0 saturated heterocycles. The summed E-state index contributed by atoms with van der Waals surface area (Å²) in [6.45, 7) is 4.66. The van der Waals surface area contributed by atoms with E-state index in [9.17, 15) is 0 Å². The molecule has 0 bridgehead atoms. The molecule has 0 aromatic carbocycles. The molecule has 1 aliphatic carbocycles. The average Bonchev–Trinajstić information content (AvgIpc) is 2.82. The van der Waals surface area contributed by atoms with Crippen molar-refractivity contribution < 1.29 is 4.74 Å². The van der Waals surface area contributed by atoms with E-state index in [1.54, 1.807) is 7.11 Å². The minimum Gasteiger partial charge on any atom is -0.383 e. The Morgan fingerprint density at radius 2 is 2.16 bits per heavy atom.